The lowest BCUT2D eigenvalue weighted by Gasteiger charge is -2.06. The van der Waals surface area contributed by atoms with Gasteiger partial charge in [-0.2, -0.15) is 0 Å². The molecule has 0 atom stereocenters. The molecule has 0 unspecified atom stereocenters. The molecule has 0 fully saturated rings. The van der Waals surface area contributed by atoms with E-state index in [1.165, 1.54) is 0 Å². The van der Waals surface area contributed by atoms with E-state index in [0.717, 1.165) is 32.1 Å². The fourth-order valence-electron chi connectivity index (χ4n) is 1.60. The number of hydrogen-bond donors (Lipinski definition) is 2. The zero-order chi connectivity index (χ0) is 17.0. The highest BCUT2D eigenvalue weighted by molar-refractivity contribution is 7.52. The monoisotopic (exact) mass is 336 g/mol. The first-order valence-corrected chi connectivity index (χ1v) is 9.05. The smallest absolute Gasteiger partial charge is 0.336 e. The molecule has 0 aromatic heterocycles. The second-order valence-electron chi connectivity index (χ2n) is 5.08. The minimum atomic E-state index is -4.33. The molecule has 0 aliphatic carbocycles. The van der Waals surface area contributed by atoms with Crippen molar-refractivity contribution >= 4 is 19.5 Å². The number of unbranched alkanes of at least 4 members (excludes halogenated alkanes) is 5. The van der Waals surface area contributed by atoms with Crippen LogP contribution >= 0.6 is 7.60 Å². The minimum Gasteiger partial charge on any atom is -0.465 e. The van der Waals surface area contributed by atoms with Crippen LogP contribution in [0, 0.1) is 0 Å². The van der Waals surface area contributed by atoms with E-state index < -0.39 is 19.7 Å². The van der Waals surface area contributed by atoms with Crippen LogP contribution in [-0.4, -0.2) is 41.1 Å². The van der Waals surface area contributed by atoms with Crippen molar-refractivity contribution < 1.29 is 33.4 Å². The maximum Gasteiger partial charge on any atom is 0.336 e. The Balaban J connectivity index is 3.34. The minimum absolute atomic E-state index is 0.176. The number of carbonyl (C=O) groups is 2. The Morgan fingerprint density at radius 3 is 1.86 bits per heavy atom. The molecule has 0 amide bonds. The second-order valence-corrected chi connectivity index (χ2v) is 6.73. The maximum absolute atomic E-state index is 11.1. The number of ether oxygens (including phenoxy) is 2. The Labute approximate surface area is 130 Å². The predicted molar refractivity (Wildman–Crippen MR) is 81.3 cm³/mol. The molecule has 0 saturated carbocycles. The first kappa shape index (κ1) is 20.8. The van der Waals surface area contributed by atoms with Gasteiger partial charge in [0.2, 0.25) is 0 Å². The highest BCUT2D eigenvalue weighted by Crippen LogP contribution is 2.33. The highest BCUT2D eigenvalue weighted by atomic mass is 31.2. The summed E-state index contributed by atoms with van der Waals surface area (Å²) in [5.41, 5.74) is 0.397. The van der Waals surface area contributed by atoms with Crippen LogP contribution in [0.3, 0.4) is 0 Å². The molecule has 7 nitrogen and oxygen atoms in total. The van der Waals surface area contributed by atoms with Crippen LogP contribution in [0.15, 0.2) is 12.2 Å². The summed E-state index contributed by atoms with van der Waals surface area (Å²) >= 11 is 0. The van der Waals surface area contributed by atoms with E-state index in [-0.39, 0.29) is 12.6 Å². The van der Waals surface area contributed by atoms with Crippen molar-refractivity contribution in [3.05, 3.63) is 12.2 Å². The maximum atomic E-state index is 11.1. The Morgan fingerprint density at radius 2 is 1.41 bits per heavy atom. The van der Waals surface area contributed by atoms with Crippen molar-refractivity contribution in [2.45, 2.75) is 45.4 Å². The fraction of sp³-hybridized carbons (Fsp3) is 0.714. The molecule has 0 aliphatic heterocycles. The van der Waals surface area contributed by atoms with Gasteiger partial charge in [0.05, 0.1) is 13.2 Å². The van der Waals surface area contributed by atoms with Gasteiger partial charge in [-0.25, -0.2) is 4.79 Å². The third-order valence-electron chi connectivity index (χ3n) is 2.72. The molecule has 0 saturated heterocycles. The molecular weight excluding hydrogens is 311 g/mol. The first-order valence-electron chi connectivity index (χ1n) is 7.25. The van der Waals surface area contributed by atoms with Crippen molar-refractivity contribution in [3.8, 4) is 0 Å². The van der Waals surface area contributed by atoms with Crippen molar-refractivity contribution in [1.29, 1.82) is 0 Å². The molecule has 0 heterocycles. The van der Waals surface area contributed by atoms with Gasteiger partial charge in [-0.05, 0) is 19.8 Å². The summed E-state index contributed by atoms with van der Waals surface area (Å²) in [5.74, 6) is -1.23. The summed E-state index contributed by atoms with van der Waals surface area (Å²) in [5, 5.41) is 0. The third kappa shape index (κ3) is 13.8. The average Bonchev–Trinajstić information content (AvgIpc) is 2.38. The van der Waals surface area contributed by atoms with E-state index in [0.29, 0.717) is 18.6 Å². The molecule has 0 radical (unpaired) electrons. The van der Waals surface area contributed by atoms with Gasteiger partial charge in [0.1, 0.15) is 6.16 Å². The topological polar surface area (TPSA) is 110 Å². The van der Waals surface area contributed by atoms with Crippen LogP contribution in [0.2, 0.25) is 0 Å². The van der Waals surface area contributed by atoms with E-state index in [4.69, 9.17) is 19.3 Å². The van der Waals surface area contributed by atoms with Crippen LogP contribution in [0.5, 0.6) is 0 Å². The molecule has 0 aromatic carbocycles. The molecule has 0 spiro atoms. The average molecular weight is 336 g/mol. The zero-order valence-electron chi connectivity index (χ0n) is 13.0. The molecule has 22 heavy (non-hydrogen) atoms. The van der Waals surface area contributed by atoms with Crippen LogP contribution in [0.25, 0.3) is 0 Å². The lowest BCUT2D eigenvalue weighted by Crippen LogP contribution is -2.10. The van der Waals surface area contributed by atoms with Crippen LogP contribution < -0.4 is 0 Å². The normalized spacial score (nSPS) is 11.0. The number of rotatable bonds is 12. The van der Waals surface area contributed by atoms with Crippen molar-refractivity contribution in [2.24, 2.45) is 0 Å². The van der Waals surface area contributed by atoms with Gasteiger partial charge in [0, 0.05) is 5.57 Å². The molecule has 0 rings (SSSR count). The van der Waals surface area contributed by atoms with Crippen LogP contribution in [0.4, 0.5) is 0 Å². The Kier molecular flexibility index (Phi) is 10.8. The Morgan fingerprint density at radius 1 is 0.955 bits per heavy atom. The summed E-state index contributed by atoms with van der Waals surface area (Å²) in [4.78, 5) is 39.2. The van der Waals surface area contributed by atoms with Gasteiger partial charge in [0.25, 0.3) is 0 Å². The molecule has 0 aliphatic rings. The van der Waals surface area contributed by atoms with Gasteiger partial charge < -0.3 is 19.3 Å². The lowest BCUT2D eigenvalue weighted by molar-refractivity contribution is -0.141. The van der Waals surface area contributed by atoms with Gasteiger partial charge in [-0.3, -0.25) is 9.36 Å². The van der Waals surface area contributed by atoms with Crippen LogP contribution in [0.1, 0.15) is 45.4 Å². The molecule has 0 aromatic rings. The standard InChI is InChI=1S/C14H25O7P/c1-12(2)14(16)21-10-8-6-4-3-5-7-9-20-13(15)11-22(17,18)19/h1,3-11H2,2H3,(H2,17,18,19). The Hall–Kier alpha value is -1.17. The van der Waals surface area contributed by atoms with Crippen molar-refractivity contribution in [3.63, 3.8) is 0 Å². The van der Waals surface area contributed by atoms with Crippen LogP contribution in [-0.2, 0) is 23.6 Å². The summed E-state index contributed by atoms with van der Waals surface area (Å²) in [6.07, 6.45) is 4.37. The quantitative estimate of drug-likeness (QED) is 0.243. The van der Waals surface area contributed by atoms with Crippen molar-refractivity contribution in [2.75, 3.05) is 19.4 Å². The molecular formula is C14H25O7P. The molecule has 2 N–H and O–H groups in total. The van der Waals surface area contributed by atoms with E-state index in [2.05, 4.69) is 6.58 Å². The fourth-order valence-corrected chi connectivity index (χ4v) is 2.03. The SMILES string of the molecule is C=C(C)C(=O)OCCCCCCCCOC(=O)CP(=O)(O)O. The van der Waals surface area contributed by atoms with E-state index in [9.17, 15) is 14.2 Å². The summed E-state index contributed by atoms with van der Waals surface area (Å²) in [6, 6.07) is 0. The summed E-state index contributed by atoms with van der Waals surface area (Å²) < 4.78 is 20.2. The molecule has 0 bridgehead atoms. The van der Waals surface area contributed by atoms with Crippen molar-refractivity contribution in [1.82, 2.24) is 0 Å². The number of hydrogen-bond acceptors (Lipinski definition) is 5. The highest BCUT2D eigenvalue weighted by Gasteiger charge is 2.19. The van der Waals surface area contributed by atoms with E-state index >= 15 is 0 Å². The van der Waals surface area contributed by atoms with Gasteiger partial charge >= 0.3 is 19.5 Å². The summed E-state index contributed by atoms with van der Waals surface area (Å²) in [7, 11) is -4.33. The largest absolute Gasteiger partial charge is 0.465 e. The van der Waals surface area contributed by atoms with E-state index in [1.807, 2.05) is 0 Å². The van der Waals surface area contributed by atoms with E-state index in [1.54, 1.807) is 6.92 Å². The zero-order valence-corrected chi connectivity index (χ0v) is 13.8. The molecule has 8 heteroatoms. The lowest BCUT2D eigenvalue weighted by atomic mass is 10.1. The number of esters is 2. The van der Waals surface area contributed by atoms with Gasteiger partial charge in [-0.1, -0.05) is 32.3 Å². The molecule has 128 valence electrons. The predicted octanol–water partition coefficient (Wildman–Crippen LogP) is 2.17. The second kappa shape index (κ2) is 11.4. The number of carbonyl (C=O) groups excluding carboxylic acids is 2. The van der Waals surface area contributed by atoms with Gasteiger partial charge in [-0.15, -0.1) is 0 Å². The van der Waals surface area contributed by atoms with Gasteiger partial charge in [0.15, 0.2) is 0 Å². The third-order valence-corrected chi connectivity index (χ3v) is 3.39. The first-order chi connectivity index (χ1) is 10.2. The Bertz CT molecular complexity index is 413. The summed E-state index contributed by atoms with van der Waals surface area (Å²) in [6.45, 7) is 5.67.